The highest BCUT2D eigenvalue weighted by molar-refractivity contribution is 14.1. The zero-order valence-corrected chi connectivity index (χ0v) is 19.1. The van der Waals surface area contributed by atoms with E-state index in [2.05, 4.69) is 57.1 Å². The molecule has 146 valence electrons. The molecule has 1 aromatic carbocycles. The van der Waals surface area contributed by atoms with Crippen molar-refractivity contribution in [1.82, 2.24) is 14.5 Å². The zero-order valence-electron chi connectivity index (χ0n) is 16.2. The molecule has 4 rings (SSSR count). The van der Waals surface area contributed by atoms with Gasteiger partial charge in [-0.1, -0.05) is 42.8 Å². The Morgan fingerprint density at radius 2 is 2.00 bits per heavy atom. The fourth-order valence-corrected chi connectivity index (χ4v) is 4.48. The van der Waals surface area contributed by atoms with Crippen LogP contribution in [0.3, 0.4) is 0 Å². The number of aliphatic imine (C=N–C) groups is 1. The number of halogens is 2. The van der Waals surface area contributed by atoms with Gasteiger partial charge in [0.25, 0.3) is 0 Å². The highest BCUT2D eigenvalue weighted by Gasteiger charge is 2.39. The third-order valence-electron chi connectivity index (χ3n) is 5.16. The van der Waals surface area contributed by atoms with Gasteiger partial charge >= 0.3 is 0 Å². The summed E-state index contributed by atoms with van der Waals surface area (Å²) < 4.78 is 2.92. The maximum absolute atomic E-state index is 9.79. The molecule has 0 aliphatic carbocycles. The summed E-state index contributed by atoms with van der Waals surface area (Å²) in [5.74, 6) is 1.05. The van der Waals surface area contributed by atoms with Gasteiger partial charge in [0.05, 0.1) is 15.2 Å². The fourth-order valence-electron chi connectivity index (χ4n) is 3.58. The van der Waals surface area contributed by atoms with Gasteiger partial charge in [0.15, 0.2) is 5.65 Å². The average molecular weight is 516 g/mol. The average Bonchev–Trinajstić information content (AvgIpc) is 3.22. The molecule has 0 amide bonds. The summed E-state index contributed by atoms with van der Waals surface area (Å²) >= 11 is 8.28. The zero-order chi connectivity index (χ0) is 20.6. The first-order valence-corrected chi connectivity index (χ1v) is 10.9. The molecule has 5 nitrogen and oxygen atoms in total. The van der Waals surface area contributed by atoms with Gasteiger partial charge in [-0.15, -0.1) is 0 Å². The van der Waals surface area contributed by atoms with Crippen LogP contribution in [0.4, 0.5) is 0 Å². The number of allylic oxidation sites excluding steroid dienone is 1. The number of hydrogen-bond donors (Lipinski definition) is 0. The Hall–Kier alpha value is -2.24. The van der Waals surface area contributed by atoms with Crippen molar-refractivity contribution in [3.8, 4) is 6.07 Å². The molecule has 3 aromatic rings. The van der Waals surface area contributed by atoms with Crippen molar-refractivity contribution < 1.29 is 0 Å². The smallest absolute Gasteiger partial charge is 0.203 e. The normalized spacial score (nSPS) is 18.6. The van der Waals surface area contributed by atoms with Crippen molar-refractivity contribution in [3.63, 3.8) is 0 Å². The number of hydrogen-bond acceptors (Lipinski definition) is 4. The number of pyridine rings is 1. The topological polar surface area (TPSA) is 66.9 Å². The van der Waals surface area contributed by atoms with Crippen molar-refractivity contribution in [2.45, 2.75) is 38.8 Å². The molecule has 7 heteroatoms. The Labute approximate surface area is 188 Å². The van der Waals surface area contributed by atoms with Crippen LogP contribution < -0.4 is 0 Å². The third kappa shape index (κ3) is 3.36. The molecule has 0 bridgehead atoms. The molecule has 0 radical (unpaired) electrons. The molecule has 0 saturated carbocycles. The van der Waals surface area contributed by atoms with Crippen LogP contribution >= 0.6 is 34.2 Å². The van der Waals surface area contributed by atoms with Crippen molar-refractivity contribution in [2.75, 3.05) is 0 Å². The first kappa shape index (κ1) is 20.0. The standard InChI is InChI=1S/C22H19ClIN5/c1-3-4-18-28-19-14(2)9-10-26-21(19)29(18)12-15-5-7-16(8-6-15)22(13-25)20(24)17(23)11-27-22/h5-11H,3-4,12H2,1-2H3. The lowest BCUT2D eigenvalue weighted by Gasteiger charge is -2.19. The summed E-state index contributed by atoms with van der Waals surface area (Å²) in [7, 11) is 0. The lowest BCUT2D eigenvalue weighted by molar-refractivity contribution is 0.713. The maximum Gasteiger partial charge on any atom is 0.203 e. The van der Waals surface area contributed by atoms with Crippen molar-refractivity contribution in [1.29, 1.82) is 5.26 Å². The van der Waals surface area contributed by atoms with Crippen molar-refractivity contribution in [3.05, 3.63) is 67.7 Å². The lowest BCUT2D eigenvalue weighted by Crippen LogP contribution is -2.19. The first-order chi connectivity index (χ1) is 14.0. The SMILES string of the molecule is CCCc1nc2c(C)ccnc2n1Cc1ccc(C2(C#N)N=CC(Cl)=C2I)cc1. The van der Waals surface area contributed by atoms with E-state index in [0.717, 1.165) is 50.1 Å². The van der Waals surface area contributed by atoms with E-state index in [-0.39, 0.29) is 0 Å². The van der Waals surface area contributed by atoms with Crippen LogP contribution in [0.5, 0.6) is 0 Å². The van der Waals surface area contributed by atoms with E-state index in [1.54, 1.807) is 6.21 Å². The fraction of sp³-hybridized carbons (Fsp3) is 0.273. The van der Waals surface area contributed by atoms with Crippen LogP contribution in [-0.4, -0.2) is 20.7 Å². The van der Waals surface area contributed by atoms with Crippen LogP contribution in [-0.2, 0) is 18.5 Å². The van der Waals surface area contributed by atoms with Gasteiger partial charge in [-0.3, -0.25) is 4.99 Å². The molecule has 1 aliphatic rings. The van der Waals surface area contributed by atoms with E-state index >= 15 is 0 Å². The number of nitriles is 1. The Balaban J connectivity index is 1.70. The van der Waals surface area contributed by atoms with E-state index in [9.17, 15) is 5.26 Å². The van der Waals surface area contributed by atoms with Gasteiger partial charge in [-0.05, 0) is 58.7 Å². The predicted molar refractivity (Wildman–Crippen MR) is 124 cm³/mol. The number of aromatic nitrogens is 3. The quantitative estimate of drug-likeness (QED) is 0.426. The molecule has 0 N–H and O–H groups in total. The molecule has 0 saturated heterocycles. The molecular formula is C22H19ClIN5. The number of nitrogens with zero attached hydrogens (tertiary/aromatic N) is 5. The summed E-state index contributed by atoms with van der Waals surface area (Å²) in [4.78, 5) is 13.8. The highest BCUT2D eigenvalue weighted by atomic mass is 127. The maximum atomic E-state index is 9.79. The molecule has 1 atom stereocenters. The van der Waals surface area contributed by atoms with Crippen LogP contribution in [0.1, 0.15) is 35.9 Å². The van der Waals surface area contributed by atoms with E-state index in [4.69, 9.17) is 16.6 Å². The van der Waals surface area contributed by atoms with Gasteiger partial charge < -0.3 is 4.57 Å². The van der Waals surface area contributed by atoms with E-state index < -0.39 is 5.54 Å². The number of benzene rings is 1. The van der Waals surface area contributed by atoms with Gasteiger partial charge in [-0.25, -0.2) is 9.97 Å². The van der Waals surface area contributed by atoms with Crippen molar-refractivity contribution in [2.24, 2.45) is 4.99 Å². The minimum Gasteiger partial charge on any atom is -0.308 e. The highest BCUT2D eigenvalue weighted by Crippen LogP contribution is 2.43. The summed E-state index contributed by atoms with van der Waals surface area (Å²) in [5, 5.41) is 10.3. The molecule has 29 heavy (non-hydrogen) atoms. The molecule has 3 heterocycles. The number of aryl methyl sites for hydroxylation is 2. The second-order valence-corrected chi connectivity index (χ2v) is 8.59. The van der Waals surface area contributed by atoms with Gasteiger partial charge in [0.2, 0.25) is 5.54 Å². The van der Waals surface area contributed by atoms with E-state index in [1.807, 2.05) is 36.5 Å². The first-order valence-electron chi connectivity index (χ1n) is 9.42. The second kappa shape index (κ2) is 7.88. The monoisotopic (exact) mass is 515 g/mol. The molecule has 1 unspecified atom stereocenters. The predicted octanol–water partition coefficient (Wildman–Crippen LogP) is 5.43. The van der Waals surface area contributed by atoms with Gasteiger partial charge in [0.1, 0.15) is 17.4 Å². The van der Waals surface area contributed by atoms with Gasteiger partial charge in [0, 0.05) is 18.8 Å². The lowest BCUT2D eigenvalue weighted by atomic mass is 9.92. The molecule has 0 spiro atoms. The third-order valence-corrected chi connectivity index (χ3v) is 7.13. The Morgan fingerprint density at radius 3 is 2.62 bits per heavy atom. The van der Waals surface area contributed by atoms with Gasteiger partial charge in [-0.2, -0.15) is 5.26 Å². The summed E-state index contributed by atoms with van der Waals surface area (Å²) in [5.41, 5.74) is 3.91. The Kier molecular flexibility index (Phi) is 5.45. The van der Waals surface area contributed by atoms with Crippen LogP contribution in [0.2, 0.25) is 0 Å². The molecule has 2 aromatic heterocycles. The van der Waals surface area contributed by atoms with Crippen LogP contribution in [0.15, 0.2) is 50.1 Å². The molecule has 1 aliphatic heterocycles. The minimum atomic E-state index is -1.04. The van der Waals surface area contributed by atoms with Crippen molar-refractivity contribution >= 4 is 51.6 Å². The van der Waals surface area contributed by atoms with E-state index in [0.29, 0.717) is 11.6 Å². The number of rotatable bonds is 5. The summed E-state index contributed by atoms with van der Waals surface area (Å²) in [6, 6.07) is 12.3. The number of fused-ring (bicyclic) bond motifs is 1. The Bertz CT molecular complexity index is 1190. The summed E-state index contributed by atoms with van der Waals surface area (Å²) in [6.45, 7) is 4.90. The largest absolute Gasteiger partial charge is 0.308 e. The Morgan fingerprint density at radius 1 is 1.24 bits per heavy atom. The summed E-state index contributed by atoms with van der Waals surface area (Å²) in [6.07, 6.45) is 5.32. The second-order valence-electron chi connectivity index (χ2n) is 7.10. The van der Waals surface area contributed by atoms with Crippen LogP contribution in [0.25, 0.3) is 11.2 Å². The number of imidazole rings is 1. The van der Waals surface area contributed by atoms with E-state index in [1.165, 1.54) is 0 Å². The minimum absolute atomic E-state index is 0.520. The van der Waals surface area contributed by atoms with Crippen LogP contribution in [0, 0.1) is 18.3 Å². The molecular weight excluding hydrogens is 497 g/mol. The molecule has 0 fully saturated rings.